The van der Waals surface area contributed by atoms with Crippen LogP contribution in [-0.2, 0) is 5.41 Å². The molecule has 3 rings (SSSR count). The van der Waals surface area contributed by atoms with E-state index >= 15 is 0 Å². The molecule has 2 fully saturated rings. The molecule has 0 bridgehead atoms. The van der Waals surface area contributed by atoms with Gasteiger partial charge in [-0.3, -0.25) is 9.98 Å². The number of pyridine rings is 1. The predicted molar refractivity (Wildman–Crippen MR) is 90.9 cm³/mol. The minimum Gasteiger partial charge on any atom is -0.370 e. The van der Waals surface area contributed by atoms with Crippen molar-refractivity contribution < 1.29 is 0 Å². The van der Waals surface area contributed by atoms with Crippen molar-refractivity contribution in [3.63, 3.8) is 0 Å². The average Bonchev–Trinajstić information content (AvgIpc) is 2.76. The van der Waals surface area contributed by atoms with E-state index in [2.05, 4.69) is 27.4 Å². The van der Waals surface area contributed by atoms with Gasteiger partial charge in [-0.15, -0.1) is 0 Å². The van der Waals surface area contributed by atoms with E-state index in [1.165, 1.54) is 63.5 Å². The number of hydrogen-bond acceptors (Lipinski definition) is 2. The van der Waals surface area contributed by atoms with E-state index in [9.17, 15) is 0 Å². The van der Waals surface area contributed by atoms with Crippen LogP contribution >= 0.6 is 0 Å². The first-order valence-corrected chi connectivity index (χ1v) is 8.76. The van der Waals surface area contributed by atoms with Gasteiger partial charge >= 0.3 is 0 Å². The van der Waals surface area contributed by atoms with E-state index in [0.717, 1.165) is 6.54 Å². The molecule has 2 saturated carbocycles. The smallest absolute Gasteiger partial charge is 0.188 e. The zero-order valence-electron chi connectivity index (χ0n) is 13.4. The highest BCUT2D eigenvalue weighted by Gasteiger charge is 2.39. The van der Waals surface area contributed by atoms with Gasteiger partial charge in [-0.1, -0.05) is 38.2 Å². The van der Waals surface area contributed by atoms with E-state index < -0.39 is 0 Å². The van der Waals surface area contributed by atoms with E-state index in [1.807, 2.05) is 12.3 Å². The van der Waals surface area contributed by atoms with Crippen molar-refractivity contribution in [3.05, 3.63) is 30.1 Å². The highest BCUT2D eigenvalue weighted by molar-refractivity contribution is 5.78. The standard InChI is InChI=1S/C18H28N4/c19-17(22-15-8-3-1-2-4-9-15)21-14-18(11-7-12-18)16-10-5-6-13-20-16/h5-6,10,13,15H,1-4,7-9,11-12,14H2,(H3,19,21,22). The SMILES string of the molecule is NC(=NCC1(c2ccccn2)CCC1)NC1CCCCCC1. The van der Waals surface area contributed by atoms with Crippen molar-refractivity contribution in [2.75, 3.05) is 6.54 Å². The fourth-order valence-electron chi connectivity index (χ4n) is 3.69. The maximum Gasteiger partial charge on any atom is 0.188 e. The van der Waals surface area contributed by atoms with Crippen molar-refractivity contribution in [1.82, 2.24) is 10.3 Å². The molecule has 120 valence electrons. The Labute approximate surface area is 133 Å². The molecule has 4 nitrogen and oxygen atoms in total. The van der Waals surface area contributed by atoms with E-state index in [-0.39, 0.29) is 5.41 Å². The van der Waals surface area contributed by atoms with Crippen LogP contribution < -0.4 is 11.1 Å². The highest BCUT2D eigenvalue weighted by Crippen LogP contribution is 2.42. The summed E-state index contributed by atoms with van der Waals surface area (Å²) in [5.74, 6) is 0.620. The molecule has 0 unspecified atom stereocenters. The second-order valence-electron chi connectivity index (χ2n) is 6.88. The Hall–Kier alpha value is -1.58. The van der Waals surface area contributed by atoms with E-state index in [0.29, 0.717) is 12.0 Å². The second-order valence-corrected chi connectivity index (χ2v) is 6.88. The zero-order valence-corrected chi connectivity index (χ0v) is 13.4. The molecule has 1 aromatic heterocycles. The molecule has 0 radical (unpaired) electrons. The van der Waals surface area contributed by atoms with Crippen LogP contribution in [0.25, 0.3) is 0 Å². The molecule has 2 aliphatic carbocycles. The topological polar surface area (TPSA) is 63.3 Å². The first kappa shape index (κ1) is 15.3. The van der Waals surface area contributed by atoms with Crippen LogP contribution in [0.3, 0.4) is 0 Å². The normalized spacial score (nSPS) is 22.6. The molecular formula is C18H28N4. The minimum atomic E-state index is 0.122. The Morgan fingerprint density at radius 3 is 2.55 bits per heavy atom. The van der Waals surface area contributed by atoms with Gasteiger partial charge in [0, 0.05) is 23.3 Å². The van der Waals surface area contributed by atoms with Crippen molar-refractivity contribution in [2.24, 2.45) is 10.7 Å². The first-order valence-electron chi connectivity index (χ1n) is 8.76. The lowest BCUT2D eigenvalue weighted by Crippen LogP contribution is -2.43. The molecule has 2 aliphatic rings. The summed E-state index contributed by atoms with van der Waals surface area (Å²) in [7, 11) is 0. The summed E-state index contributed by atoms with van der Waals surface area (Å²) in [6.07, 6.45) is 13.3. The fraction of sp³-hybridized carbons (Fsp3) is 0.667. The van der Waals surface area contributed by atoms with Gasteiger partial charge in [0.1, 0.15) is 0 Å². The van der Waals surface area contributed by atoms with Gasteiger partial charge in [0.05, 0.1) is 6.54 Å². The molecule has 1 heterocycles. The fourth-order valence-corrected chi connectivity index (χ4v) is 3.69. The van der Waals surface area contributed by atoms with Crippen LogP contribution in [0.4, 0.5) is 0 Å². The van der Waals surface area contributed by atoms with Crippen LogP contribution in [0.2, 0.25) is 0 Å². The lowest BCUT2D eigenvalue weighted by Gasteiger charge is -2.40. The van der Waals surface area contributed by atoms with Crippen LogP contribution in [-0.4, -0.2) is 23.5 Å². The summed E-state index contributed by atoms with van der Waals surface area (Å²) in [6.45, 7) is 0.759. The average molecular weight is 300 g/mol. The van der Waals surface area contributed by atoms with Crippen molar-refractivity contribution in [1.29, 1.82) is 0 Å². The number of aromatic nitrogens is 1. The third-order valence-corrected chi connectivity index (χ3v) is 5.28. The van der Waals surface area contributed by atoms with Gasteiger partial charge in [0.15, 0.2) is 5.96 Å². The van der Waals surface area contributed by atoms with Crippen molar-refractivity contribution in [2.45, 2.75) is 69.2 Å². The number of nitrogens with one attached hydrogen (secondary N) is 1. The molecule has 0 amide bonds. The molecule has 0 atom stereocenters. The Morgan fingerprint density at radius 1 is 1.18 bits per heavy atom. The molecular weight excluding hydrogens is 272 g/mol. The molecule has 0 spiro atoms. The Morgan fingerprint density at radius 2 is 1.95 bits per heavy atom. The molecule has 0 aromatic carbocycles. The van der Waals surface area contributed by atoms with Gasteiger partial charge in [0.2, 0.25) is 0 Å². The van der Waals surface area contributed by atoms with Gasteiger partial charge in [-0.05, 0) is 37.8 Å². The third kappa shape index (κ3) is 3.60. The monoisotopic (exact) mass is 300 g/mol. The van der Waals surface area contributed by atoms with E-state index in [4.69, 9.17) is 5.73 Å². The number of aliphatic imine (C=N–C) groups is 1. The Kier molecular flexibility index (Phi) is 4.96. The van der Waals surface area contributed by atoms with Crippen molar-refractivity contribution in [3.8, 4) is 0 Å². The molecule has 3 N–H and O–H groups in total. The van der Waals surface area contributed by atoms with E-state index in [1.54, 1.807) is 0 Å². The quantitative estimate of drug-likeness (QED) is 0.510. The number of rotatable bonds is 4. The number of hydrogen-bond donors (Lipinski definition) is 2. The van der Waals surface area contributed by atoms with Crippen LogP contribution in [0, 0.1) is 0 Å². The maximum absolute atomic E-state index is 6.14. The van der Waals surface area contributed by atoms with Crippen LogP contribution in [0.5, 0.6) is 0 Å². The third-order valence-electron chi connectivity index (χ3n) is 5.28. The minimum absolute atomic E-state index is 0.122. The molecule has 22 heavy (non-hydrogen) atoms. The number of nitrogens with zero attached hydrogens (tertiary/aromatic N) is 2. The Balaban J connectivity index is 1.59. The summed E-state index contributed by atoms with van der Waals surface area (Å²) < 4.78 is 0. The first-order chi connectivity index (χ1) is 10.8. The van der Waals surface area contributed by atoms with Crippen molar-refractivity contribution >= 4 is 5.96 Å². The van der Waals surface area contributed by atoms with Gasteiger partial charge in [0.25, 0.3) is 0 Å². The second kappa shape index (κ2) is 7.12. The molecule has 1 aromatic rings. The number of guanidine groups is 1. The van der Waals surface area contributed by atoms with Crippen LogP contribution in [0.15, 0.2) is 29.4 Å². The summed E-state index contributed by atoms with van der Waals surface area (Å²) in [5.41, 5.74) is 7.43. The summed E-state index contributed by atoms with van der Waals surface area (Å²) in [6, 6.07) is 6.68. The molecule has 0 aliphatic heterocycles. The highest BCUT2D eigenvalue weighted by atomic mass is 15.1. The lowest BCUT2D eigenvalue weighted by atomic mass is 9.66. The largest absolute Gasteiger partial charge is 0.370 e. The molecule has 4 heteroatoms. The van der Waals surface area contributed by atoms with Gasteiger partial charge in [-0.25, -0.2) is 0 Å². The lowest BCUT2D eigenvalue weighted by molar-refractivity contribution is 0.246. The van der Waals surface area contributed by atoms with Crippen LogP contribution in [0.1, 0.15) is 63.5 Å². The summed E-state index contributed by atoms with van der Waals surface area (Å²) in [5, 5.41) is 3.44. The number of nitrogens with two attached hydrogens (primary N) is 1. The summed E-state index contributed by atoms with van der Waals surface area (Å²) in [4.78, 5) is 9.21. The van der Waals surface area contributed by atoms with Gasteiger partial charge in [-0.2, -0.15) is 0 Å². The maximum atomic E-state index is 6.14. The zero-order chi connectivity index (χ0) is 15.3. The molecule has 0 saturated heterocycles. The summed E-state index contributed by atoms with van der Waals surface area (Å²) >= 11 is 0. The Bertz CT molecular complexity index is 485. The predicted octanol–water partition coefficient (Wildman–Crippen LogP) is 3.13. The van der Waals surface area contributed by atoms with Gasteiger partial charge < -0.3 is 11.1 Å².